The largest absolute Gasteiger partial charge is 0.429 e. The van der Waals surface area contributed by atoms with Gasteiger partial charge in [-0.2, -0.15) is 8.78 Å². The Bertz CT molecular complexity index is 1260. The zero-order valence-corrected chi connectivity index (χ0v) is 19.4. The summed E-state index contributed by atoms with van der Waals surface area (Å²) in [5.74, 6) is -7.61. The van der Waals surface area contributed by atoms with E-state index in [2.05, 4.69) is 11.7 Å². The van der Waals surface area contributed by atoms with E-state index < -0.39 is 46.5 Å². The van der Waals surface area contributed by atoms with Crippen molar-refractivity contribution in [2.45, 2.75) is 45.1 Å². The highest BCUT2D eigenvalue weighted by molar-refractivity contribution is 5.72. The van der Waals surface area contributed by atoms with Crippen molar-refractivity contribution in [2.24, 2.45) is 5.92 Å². The summed E-state index contributed by atoms with van der Waals surface area (Å²) in [6, 6.07) is 7.65. The number of benzene rings is 3. The molecule has 0 radical (unpaired) electrons. The van der Waals surface area contributed by atoms with Gasteiger partial charge in [-0.1, -0.05) is 50.1 Å². The Morgan fingerprint density at radius 2 is 1.44 bits per heavy atom. The van der Waals surface area contributed by atoms with Crippen LogP contribution in [-0.4, -0.2) is 0 Å². The van der Waals surface area contributed by atoms with Crippen LogP contribution in [0.25, 0.3) is 16.7 Å². The summed E-state index contributed by atoms with van der Waals surface area (Å²) in [4.78, 5) is 0. The molecule has 0 saturated carbocycles. The number of allylic oxidation sites excluding steroid dienone is 2. The minimum absolute atomic E-state index is 0.102. The van der Waals surface area contributed by atoms with Crippen LogP contribution in [0.2, 0.25) is 0 Å². The number of alkyl halides is 2. The minimum Gasteiger partial charge on any atom is -0.429 e. The Morgan fingerprint density at radius 3 is 2.03 bits per heavy atom. The second-order valence-corrected chi connectivity index (χ2v) is 8.84. The van der Waals surface area contributed by atoms with Crippen LogP contribution in [0.4, 0.5) is 30.7 Å². The highest BCUT2D eigenvalue weighted by Gasteiger charge is 2.35. The Balaban J connectivity index is 1.55. The van der Waals surface area contributed by atoms with Gasteiger partial charge in [-0.05, 0) is 48.4 Å². The molecule has 0 saturated heterocycles. The minimum atomic E-state index is -4.04. The van der Waals surface area contributed by atoms with E-state index in [1.165, 1.54) is 12.1 Å². The van der Waals surface area contributed by atoms with Crippen molar-refractivity contribution in [2.75, 3.05) is 0 Å². The molecule has 1 aliphatic rings. The molecule has 0 N–H and O–H groups in total. The fraction of sp³-hybridized carbons (Fsp3) is 0.286. The van der Waals surface area contributed by atoms with Crippen LogP contribution in [0.15, 0.2) is 54.6 Å². The molecule has 1 atom stereocenters. The third kappa shape index (κ3) is 5.27. The van der Waals surface area contributed by atoms with Crippen molar-refractivity contribution in [1.82, 2.24) is 0 Å². The third-order valence-corrected chi connectivity index (χ3v) is 6.38. The SMILES string of the molecule is CCCC1CC=C(c2ccc(-c3ccc(C(F)(F)Oc4cc(F)c(F)c(F)c4)cc3)c(F)c2F)CC1. The zero-order chi connectivity index (χ0) is 26.0. The fourth-order valence-corrected chi connectivity index (χ4v) is 4.47. The first-order valence-corrected chi connectivity index (χ1v) is 11.6. The zero-order valence-electron chi connectivity index (χ0n) is 19.4. The van der Waals surface area contributed by atoms with Crippen molar-refractivity contribution in [1.29, 1.82) is 0 Å². The van der Waals surface area contributed by atoms with Gasteiger partial charge >= 0.3 is 6.11 Å². The van der Waals surface area contributed by atoms with Gasteiger partial charge in [0.05, 0.1) is 5.56 Å². The van der Waals surface area contributed by atoms with E-state index in [0.717, 1.165) is 55.5 Å². The molecular formula is C28H23F7O. The molecule has 3 aromatic rings. The topological polar surface area (TPSA) is 9.23 Å². The molecule has 3 aromatic carbocycles. The molecule has 190 valence electrons. The monoisotopic (exact) mass is 508 g/mol. The van der Waals surface area contributed by atoms with Crippen LogP contribution in [0, 0.1) is 35.0 Å². The van der Waals surface area contributed by atoms with E-state index in [9.17, 15) is 30.7 Å². The summed E-state index contributed by atoms with van der Waals surface area (Å²) in [6.45, 7) is 2.11. The van der Waals surface area contributed by atoms with Gasteiger partial charge in [0.1, 0.15) is 5.75 Å². The molecule has 0 heterocycles. The lowest BCUT2D eigenvalue weighted by atomic mass is 9.84. The maximum atomic E-state index is 15.0. The first-order valence-electron chi connectivity index (χ1n) is 11.6. The Labute approximate surface area is 204 Å². The van der Waals surface area contributed by atoms with Gasteiger partial charge in [0.15, 0.2) is 29.1 Å². The maximum absolute atomic E-state index is 15.0. The first-order chi connectivity index (χ1) is 17.1. The molecule has 36 heavy (non-hydrogen) atoms. The van der Waals surface area contributed by atoms with Crippen LogP contribution in [0.5, 0.6) is 5.75 Å². The lowest BCUT2D eigenvalue weighted by molar-refractivity contribution is -0.185. The summed E-state index contributed by atoms with van der Waals surface area (Å²) in [5.41, 5.74) is 0.294. The van der Waals surface area contributed by atoms with Crippen molar-refractivity contribution < 1.29 is 35.5 Å². The lowest BCUT2D eigenvalue weighted by Crippen LogP contribution is -2.22. The van der Waals surface area contributed by atoms with Gasteiger partial charge in [0.25, 0.3) is 0 Å². The summed E-state index contributed by atoms with van der Waals surface area (Å²) in [6.07, 6.45) is 2.48. The molecule has 0 bridgehead atoms. The molecule has 0 fully saturated rings. The van der Waals surface area contributed by atoms with Gasteiger partial charge in [-0.15, -0.1) is 0 Å². The van der Waals surface area contributed by atoms with Gasteiger partial charge < -0.3 is 4.74 Å². The van der Waals surface area contributed by atoms with Crippen LogP contribution >= 0.6 is 0 Å². The third-order valence-electron chi connectivity index (χ3n) is 6.38. The first kappa shape index (κ1) is 25.8. The van der Waals surface area contributed by atoms with Crippen LogP contribution < -0.4 is 4.74 Å². The number of hydrogen-bond acceptors (Lipinski definition) is 1. The molecule has 4 rings (SSSR count). The van der Waals surface area contributed by atoms with Gasteiger partial charge in [-0.25, -0.2) is 22.0 Å². The highest BCUT2D eigenvalue weighted by Crippen LogP contribution is 2.37. The number of halogens is 7. The molecule has 8 heteroatoms. The Morgan fingerprint density at radius 1 is 0.833 bits per heavy atom. The standard InChI is InChI=1S/C28H23F7O/c1-2-3-16-4-6-17(7-5-16)21-12-13-22(26(32)25(21)31)18-8-10-19(11-9-18)28(34,35)36-20-14-23(29)27(33)24(30)15-20/h6,8-16H,2-5,7H2,1H3. The average Bonchev–Trinajstić information content (AvgIpc) is 2.85. The molecule has 0 amide bonds. The van der Waals surface area contributed by atoms with E-state index in [0.29, 0.717) is 24.5 Å². The highest BCUT2D eigenvalue weighted by atomic mass is 19.3. The normalized spacial score (nSPS) is 16.1. The predicted octanol–water partition coefficient (Wildman–Crippen LogP) is 9.16. The van der Waals surface area contributed by atoms with E-state index in [4.69, 9.17) is 0 Å². The number of hydrogen-bond donors (Lipinski definition) is 0. The maximum Gasteiger partial charge on any atom is 0.426 e. The van der Waals surface area contributed by atoms with E-state index in [-0.39, 0.29) is 16.7 Å². The molecule has 0 aliphatic heterocycles. The van der Waals surface area contributed by atoms with Crippen molar-refractivity contribution in [3.05, 3.63) is 94.8 Å². The Hall–Kier alpha value is -3.29. The summed E-state index contributed by atoms with van der Waals surface area (Å²) in [7, 11) is 0. The molecule has 0 aromatic heterocycles. The molecule has 0 spiro atoms. The van der Waals surface area contributed by atoms with Crippen molar-refractivity contribution in [3.63, 3.8) is 0 Å². The summed E-state index contributed by atoms with van der Waals surface area (Å²) in [5, 5.41) is 0. The quantitative estimate of drug-likeness (QED) is 0.228. The molecule has 1 aliphatic carbocycles. The molecular weight excluding hydrogens is 485 g/mol. The lowest BCUT2D eigenvalue weighted by Gasteiger charge is -2.22. The predicted molar refractivity (Wildman–Crippen MR) is 123 cm³/mol. The molecule has 1 nitrogen and oxygen atoms in total. The second kappa shape index (κ2) is 10.4. The van der Waals surface area contributed by atoms with E-state index in [1.54, 1.807) is 0 Å². The van der Waals surface area contributed by atoms with Gasteiger partial charge in [0.2, 0.25) is 0 Å². The Kier molecular flexibility index (Phi) is 7.43. The van der Waals surface area contributed by atoms with Crippen molar-refractivity contribution in [3.8, 4) is 16.9 Å². The molecule has 1 unspecified atom stereocenters. The summed E-state index contributed by atoms with van der Waals surface area (Å²) < 4.78 is 103. The van der Waals surface area contributed by atoms with E-state index in [1.807, 2.05) is 6.08 Å². The van der Waals surface area contributed by atoms with Crippen LogP contribution in [0.3, 0.4) is 0 Å². The number of ether oxygens (including phenoxy) is 1. The smallest absolute Gasteiger partial charge is 0.426 e. The second-order valence-electron chi connectivity index (χ2n) is 8.84. The van der Waals surface area contributed by atoms with E-state index >= 15 is 0 Å². The number of rotatable bonds is 7. The fourth-order valence-electron chi connectivity index (χ4n) is 4.47. The van der Waals surface area contributed by atoms with Crippen LogP contribution in [-0.2, 0) is 6.11 Å². The average molecular weight is 508 g/mol. The van der Waals surface area contributed by atoms with Gasteiger partial charge in [-0.3, -0.25) is 0 Å². The van der Waals surface area contributed by atoms with Gasteiger partial charge in [0, 0.05) is 23.3 Å². The van der Waals surface area contributed by atoms with Crippen molar-refractivity contribution >= 4 is 5.57 Å². The van der Waals surface area contributed by atoms with Crippen LogP contribution in [0.1, 0.15) is 50.2 Å². The summed E-state index contributed by atoms with van der Waals surface area (Å²) >= 11 is 0.